The summed E-state index contributed by atoms with van der Waals surface area (Å²) in [6, 6.07) is 6.06. The lowest BCUT2D eigenvalue weighted by molar-refractivity contribution is 0.344. The van der Waals surface area contributed by atoms with Gasteiger partial charge in [0.15, 0.2) is 0 Å². The smallest absolute Gasteiger partial charge is 0.119 e. The number of hydrogen-bond donors (Lipinski definition) is 0. The van der Waals surface area contributed by atoms with Gasteiger partial charge in [0.1, 0.15) is 5.75 Å². The van der Waals surface area contributed by atoms with E-state index >= 15 is 0 Å². The van der Waals surface area contributed by atoms with Crippen LogP contribution in [0.15, 0.2) is 22.7 Å². The number of benzene rings is 1. The molecule has 14 heavy (non-hydrogen) atoms. The van der Waals surface area contributed by atoms with E-state index in [4.69, 9.17) is 4.74 Å². The Labute approximate surface area is 106 Å². The maximum Gasteiger partial charge on any atom is 0.119 e. The summed E-state index contributed by atoms with van der Waals surface area (Å²) in [7, 11) is 0. The van der Waals surface area contributed by atoms with Gasteiger partial charge in [0, 0.05) is 15.6 Å². The van der Waals surface area contributed by atoms with E-state index in [0.717, 1.165) is 27.9 Å². The van der Waals surface area contributed by atoms with Gasteiger partial charge < -0.3 is 4.74 Å². The zero-order chi connectivity index (χ0) is 10.4. The molecule has 78 valence electrons. The second-order valence-corrected chi connectivity index (χ2v) is 5.13. The van der Waals surface area contributed by atoms with Crippen LogP contribution in [0.2, 0.25) is 0 Å². The van der Waals surface area contributed by atoms with Crippen molar-refractivity contribution in [3.05, 3.63) is 28.2 Å². The number of rotatable bonds is 5. The largest absolute Gasteiger partial charge is 0.493 e. The van der Waals surface area contributed by atoms with E-state index in [1.54, 1.807) is 11.8 Å². The standard InChI is InChI=1S/C10H12Br2OS/c1-14-5-4-13-9-2-3-10(12)8(6-9)7-11/h2-3,6H,4-5,7H2,1H3. The molecule has 0 bridgehead atoms. The van der Waals surface area contributed by atoms with Crippen molar-refractivity contribution in [1.29, 1.82) is 0 Å². The summed E-state index contributed by atoms with van der Waals surface area (Å²) in [5, 5.41) is 0.841. The molecule has 0 aliphatic rings. The molecule has 4 heteroatoms. The van der Waals surface area contributed by atoms with Crippen molar-refractivity contribution < 1.29 is 4.74 Å². The van der Waals surface area contributed by atoms with Crippen molar-refractivity contribution in [2.75, 3.05) is 18.6 Å². The average molecular weight is 340 g/mol. The highest BCUT2D eigenvalue weighted by atomic mass is 79.9. The number of ether oxygens (including phenoxy) is 1. The quantitative estimate of drug-likeness (QED) is 0.590. The maximum atomic E-state index is 5.58. The summed E-state index contributed by atoms with van der Waals surface area (Å²) in [6.45, 7) is 0.768. The van der Waals surface area contributed by atoms with Crippen molar-refractivity contribution in [3.8, 4) is 5.75 Å². The minimum absolute atomic E-state index is 0.768. The van der Waals surface area contributed by atoms with Crippen molar-refractivity contribution in [2.24, 2.45) is 0 Å². The zero-order valence-corrected chi connectivity index (χ0v) is 11.9. The predicted octanol–water partition coefficient (Wildman–Crippen LogP) is 4.09. The minimum atomic E-state index is 0.768. The molecule has 0 aliphatic heterocycles. The van der Waals surface area contributed by atoms with E-state index in [1.165, 1.54) is 5.56 Å². The van der Waals surface area contributed by atoms with Crippen LogP contribution in [0.1, 0.15) is 5.56 Å². The highest BCUT2D eigenvalue weighted by Crippen LogP contribution is 2.24. The molecule has 0 unspecified atom stereocenters. The Bertz CT molecular complexity index is 291. The number of thioether (sulfide) groups is 1. The van der Waals surface area contributed by atoms with E-state index in [-0.39, 0.29) is 0 Å². The van der Waals surface area contributed by atoms with E-state index in [9.17, 15) is 0 Å². The van der Waals surface area contributed by atoms with Crippen LogP contribution in [0.5, 0.6) is 5.75 Å². The van der Waals surface area contributed by atoms with Gasteiger partial charge in [-0.2, -0.15) is 11.8 Å². The molecule has 0 N–H and O–H groups in total. The lowest BCUT2D eigenvalue weighted by Crippen LogP contribution is -1.99. The fourth-order valence-electron chi connectivity index (χ4n) is 0.986. The monoisotopic (exact) mass is 338 g/mol. The summed E-state index contributed by atoms with van der Waals surface area (Å²) in [5.41, 5.74) is 1.21. The maximum absolute atomic E-state index is 5.58. The highest BCUT2D eigenvalue weighted by molar-refractivity contribution is 9.10. The van der Waals surface area contributed by atoms with Crippen molar-refractivity contribution in [1.82, 2.24) is 0 Å². The Morgan fingerprint density at radius 3 is 2.86 bits per heavy atom. The molecule has 1 nitrogen and oxygen atoms in total. The van der Waals surface area contributed by atoms with E-state index in [1.807, 2.05) is 12.1 Å². The summed E-state index contributed by atoms with van der Waals surface area (Å²) in [4.78, 5) is 0. The second-order valence-electron chi connectivity index (χ2n) is 2.73. The first-order valence-corrected chi connectivity index (χ1v) is 7.55. The molecule has 1 aromatic carbocycles. The van der Waals surface area contributed by atoms with Crippen molar-refractivity contribution in [3.63, 3.8) is 0 Å². The lowest BCUT2D eigenvalue weighted by atomic mass is 10.2. The molecule has 1 aromatic rings. The fourth-order valence-corrected chi connectivity index (χ4v) is 2.46. The van der Waals surface area contributed by atoms with Crippen molar-refractivity contribution >= 4 is 43.6 Å². The summed E-state index contributed by atoms with van der Waals surface area (Å²) in [5.74, 6) is 1.97. The van der Waals surface area contributed by atoms with Crippen LogP contribution in [0.3, 0.4) is 0 Å². The summed E-state index contributed by atoms with van der Waals surface area (Å²) >= 11 is 8.71. The SMILES string of the molecule is CSCCOc1ccc(Br)c(CBr)c1. The Morgan fingerprint density at radius 2 is 2.21 bits per heavy atom. The van der Waals surface area contributed by atoms with Gasteiger partial charge in [-0.3, -0.25) is 0 Å². The number of halogens is 2. The van der Waals surface area contributed by atoms with Gasteiger partial charge in [-0.25, -0.2) is 0 Å². The van der Waals surface area contributed by atoms with Gasteiger partial charge in [0.2, 0.25) is 0 Å². The summed E-state index contributed by atoms with van der Waals surface area (Å²) < 4.78 is 6.70. The number of alkyl halides is 1. The van der Waals surface area contributed by atoms with Gasteiger partial charge in [0.25, 0.3) is 0 Å². The molecule has 0 radical (unpaired) electrons. The Morgan fingerprint density at radius 1 is 1.43 bits per heavy atom. The molecule has 0 spiro atoms. The molecule has 0 saturated carbocycles. The van der Waals surface area contributed by atoms with E-state index in [2.05, 4.69) is 44.2 Å². The molecule has 0 atom stereocenters. The van der Waals surface area contributed by atoms with Crippen LogP contribution in [0.25, 0.3) is 0 Å². The molecule has 0 fully saturated rings. The van der Waals surface area contributed by atoms with E-state index < -0.39 is 0 Å². The summed E-state index contributed by atoms with van der Waals surface area (Å²) in [6.07, 6.45) is 2.08. The molecule has 1 rings (SSSR count). The highest BCUT2D eigenvalue weighted by Gasteiger charge is 2.00. The fraction of sp³-hybridized carbons (Fsp3) is 0.400. The lowest BCUT2D eigenvalue weighted by Gasteiger charge is -2.07. The van der Waals surface area contributed by atoms with Crippen LogP contribution in [-0.4, -0.2) is 18.6 Å². The van der Waals surface area contributed by atoms with Crippen LogP contribution in [0.4, 0.5) is 0 Å². The second kappa shape index (κ2) is 6.75. The molecule has 0 heterocycles. The molecular weight excluding hydrogens is 328 g/mol. The first-order valence-electron chi connectivity index (χ1n) is 4.24. The first-order chi connectivity index (χ1) is 6.77. The van der Waals surface area contributed by atoms with Crippen LogP contribution >= 0.6 is 43.6 Å². The third kappa shape index (κ3) is 3.83. The van der Waals surface area contributed by atoms with Crippen LogP contribution in [-0.2, 0) is 5.33 Å². The number of hydrogen-bond acceptors (Lipinski definition) is 2. The first kappa shape index (κ1) is 12.4. The van der Waals surface area contributed by atoms with Gasteiger partial charge in [-0.15, -0.1) is 0 Å². The average Bonchev–Trinajstić information content (AvgIpc) is 2.21. The van der Waals surface area contributed by atoms with Gasteiger partial charge >= 0.3 is 0 Å². The molecule has 0 saturated heterocycles. The van der Waals surface area contributed by atoms with Crippen LogP contribution < -0.4 is 4.74 Å². The Balaban J connectivity index is 2.60. The normalized spacial score (nSPS) is 10.2. The van der Waals surface area contributed by atoms with Gasteiger partial charge in [-0.1, -0.05) is 31.9 Å². The third-order valence-electron chi connectivity index (χ3n) is 1.72. The Hall–Kier alpha value is 0.330. The van der Waals surface area contributed by atoms with Crippen LogP contribution in [0, 0.1) is 0 Å². The zero-order valence-electron chi connectivity index (χ0n) is 7.93. The molecule has 0 aromatic heterocycles. The predicted molar refractivity (Wildman–Crippen MR) is 70.7 cm³/mol. The third-order valence-corrected chi connectivity index (χ3v) is 3.67. The Kier molecular flexibility index (Phi) is 5.98. The van der Waals surface area contributed by atoms with E-state index in [0.29, 0.717) is 0 Å². The van der Waals surface area contributed by atoms with Crippen molar-refractivity contribution in [2.45, 2.75) is 5.33 Å². The van der Waals surface area contributed by atoms with Gasteiger partial charge in [-0.05, 0) is 30.0 Å². The molecular formula is C10H12Br2OS. The topological polar surface area (TPSA) is 9.23 Å². The minimum Gasteiger partial charge on any atom is -0.493 e. The molecule has 0 aliphatic carbocycles. The van der Waals surface area contributed by atoms with Gasteiger partial charge in [0.05, 0.1) is 6.61 Å². The molecule has 0 amide bonds.